The summed E-state index contributed by atoms with van der Waals surface area (Å²) in [5, 5.41) is 2.04. The van der Waals surface area contributed by atoms with E-state index in [2.05, 4.69) is 132 Å². The Kier molecular flexibility index (Phi) is 6.47. The minimum absolute atomic E-state index is 0.817. The smallest absolute Gasteiger partial charge is 0.149 e. The number of pyridine rings is 1. The molecule has 0 aliphatic heterocycles. The molecule has 0 aliphatic rings. The van der Waals surface area contributed by atoms with E-state index >= 15 is 0 Å². The maximum absolute atomic E-state index is 6.24. The summed E-state index contributed by atoms with van der Waals surface area (Å²) in [6.45, 7) is 0. The number of anilines is 3. The molecule has 0 saturated carbocycles. The van der Waals surface area contributed by atoms with E-state index in [1.54, 1.807) is 0 Å². The molecular weight excluding hydrogens is 536 g/mol. The van der Waals surface area contributed by atoms with Crippen molar-refractivity contribution < 1.29 is 4.42 Å². The van der Waals surface area contributed by atoms with Crippen LogP contribution in [0.2, 0.25) is 0 Å². The van der Waals surface area contributed by atoms with Crippen molar-refractivity contribution in [3.8, 4) is 33.4 Å². The van der Waals surface area contributed by atoms with Crippen LogP contribution in [-0.4, -0.2) is 4.98 Å². The predicted octanol–water partition coefficient (Wildman–Crippen LogP) is 11.5. The van der Waals surface area contributed by atoms with Crippen molar-refractivity contribution in [2.45, 2.75) is 0 Å². The summed E-state index contributed by atoms with van der Waals surface area (Å²) in [7, 11) is 0. The molecule has 2 aromatic heterocycles. The summed E-state index contributed by atoms with van der Waals surface area (Å²) < 4.78 is 6.24. The number of furan rings is 1. The van der Waals surface area contributed by atoms with Gasteiger partial charge in [0.15, 0.2) is 0 Å². The van der Waals surface area contributed by atoms with Crippen molar-refractivity contribution in [3.05, 3.63) is 170 Å². The Morgan fingerprint density at radius 3 is 1.34 bits per heavy atom. The lowest BCUT2D eigenvalue weighted by atomic mass is 10.00. The number of benzene rings is 6. The van der Waals surface area contributed by atoms with E-state index in [0.29, 0.717) is 0 Å². The van der Waals surface area contributed by atoms with Gasteiger partial charge in [-0.15, -0.1) is 0 Å². The van der Waals surface area contributed by atoms with E-state index in [0.717, 1.165) is 44.7 Å². The predicted molar refractivity (Wildman–Crippen MR) is 183 cm³/mol. The normalized spacial score (nSPS) is 11.2. The second-order valence-corrected chi connectivity index (χ2v) is 10.8. The van der Waals surface area contributed by atoms with Gasteiger partial charge in [-0.3, -0.25) is 4.90 Å². The zero-order chi connectivity index (χ0) is 29.3. The Morgan fingerprint density at radius 2 is 0.818 bits per heavy atom. The molecule has 0 bridgehead atoms. The summed E-state index contributed by atoms with van der Waals surface area (Å²) in [5.41, 5.74) is 10.8. The van der Waals surface area contributed by atoms with E-state index in [-0.39, 0.29) is 0 Å². The van der Waals surface area contributed by atoms with E-state index < -0.39 is 0 Å². The number of hydrogen-bond acceptors (Lipinski definition) is 3. The van der Waals surface area contributed by atoms with Crippen LogP contribution >= 0.6 is 0 Å². The SMILES string of the molecule is c1ccc(-c2ccc(-c3ccc(N(c4ccc(-c5ccccc5)cc4)c4nccc5oc6ccccc6c45)cc3)cc2)cc1. The second-order valence-electron chi connectivity index (χ2n) is 10.8. The first-order valence-corrected chi connectivity index (χ1v) is 14.8. The van der Waals surface area contributed by atoms with Crippen molar-refractivity contribution in [1.82, 2.24) is 4.98 Å². The summed E-state index contributed by atoms with van der Waals surface area (Å²) in [6.07, 6.45) is 1.83. The Balaban J connectivity index is 1.22. The fraction of sp³-hybridized carbons (Fsp3) is 0. The van der Waals surface area contributed by atoms with Gasteiger partial charge in [0.05, 0.1) is 5.39 Å². The van der Waals surface area contributed by atoms with Crippen LogP contribution in [0.25, 0.3) is 55.3 Å². The minimum Gasteiger partial charge on any atom is -0.456 e. The lowest BCUT2D eigenvalue weighted by Crippen LogP contribution is -2.11. The molecule has 2 heterocycles. The Bertz CT molecular complexity index is 2180. The molecule has 0 spiro atoms. The lowest BCUT2D eigenvalue weighted by molar-refractivity contribution is 0.668. The summed E-state index contributed by atoms with van der Waals surface area (Å²) in [6, 6.07) is 57.2. The minimum atomic E-state index is 0.817. The average Bonchev–Trinajstić information content (AvgIpc) is 3.49. The van der Waals surface area contributed by atoms with Crippen molar-refractivity contribution in [2.75, 3.05) is 4.90 Å². The number of aromatic nitrogens is 1. The first-order chi connectivity index (χ1) is 21.8. The molecule has 0 N–H and O–H groups in total. The highest BCUT2D eigenvalue weighted by atomic mass is 16.3. The first-order valence-electron chi connectivity index (χ1n) is 14.8. The van der Waals surface area contributed by atoms with E-state index in [1.165, 1.54) is 27.8 Å². The molecule has 0 radical (unpaired) electrons. The Labute approximate surface area is 256 Å². The third-order valence-electron chi connectivity index (χ3n) is 8.16. The zero-order valence-electron chi connectivity index (χ0n) is 24.0. The van der Waals surface area contributed by atoms with Gasteiger partial charge in [0.25, 0.3) is 0 Å². The van der Waals surface area contributed by atoms with Gasteiger partial charge in [-0.2, -0.15) is 0 Å². The first kappa shape index (κ1) is 25.8. The molecule has 3 nitrogen and oxygen atoms in total. The molecule has 0 saturated heterocycles. The van der Waals surface area contributed by atoms with Crippen LogP contribution in [0.5, 0.6) is 0 Å². The summed E-state index contributed by atoms with van der Waals surface area (Å²) in [5.74, 6) is 0.833. The third kappa shape index (κ3) is 4.71. The van der Waals surface area contributed by atoms with Gasteiger partial charge in [0.1, 0.15) is 17.0 Å². The lowest BCUT2D eigenvalue weighted by Gasteiger charge is -2.25. The Morgan fingerprint density at radius 1 is 0.386 bits per heavy atom. The van der Waals surface area contributed by atoms with Gasteiger partial charge in [0.2, 0.25) is 0 Å². The van der Waals surface area contributed by atoms with E-state index in [4.69, 9.17) is 9.40 Å². The standard InChI is InChI=1S/C41H28N2O/c1-3-9-29(10-4-1)31-15-17-32(18-16-31)34-21-25-36(26-22-34)43(35-23-19-33(20-24-35)30-11-5-2-6-12-30)41-40-37-13-7-8-14-38(37)44-39(40)27-28-42-41/h1-28H. The van der Waals surface area contributed by atoms with Crippen LogP contribution in [-0.2, 0) is 0 Å². The van der Waals surface area contributed by atoms with Crippen molar-refractivity contribution in [1.29, 1.82) is 0 Å². The largest absolute Gasteiger partial charge is 0.456 e. The molecule has 208 valence electrons. The van der Waals surface area contributed by atoms with Crippen molar-refractivity contribution >= 4 is 39.1 Å². The molecule has 3 heteroatoms. The van der Waals surface area contributed by atoms with Crippen LogP contribution in [0, 0.1) is 0 Å². The maximum atomic E-state index is 6.24. The van der Waals surface area contributed by atoms with Gasteiger partial charge < -0.3 is 4.42 Å². The highest BCUT2D eigenvalue weighted by Gasteiger charge is 2.20. The quantitative estimate of drug-likeness (QED) is 0.201. The van der Waals surface area contributed by atoms with Gasteiger partial charge >= 0.3 is 0 Å². The zero-order valence-corrected chi connectivity index (χ0v) is 24.0. The van der Waals surface area contributed by atoms with Crippen molar-refractivity contribution in [3.63, 3.8) is 0 Å². The summed E-state index contributed by atoms with van der Waals surface area (Å²) in [4.78, 5) is 7.17. The molecule has 0 aliphatic carbocycles. The topological polar surface area (TPSA) is 29.3 Å². The maximum Gasteiger partial charge on any atom is 0.149 e. The third-order valence-corrected chi connectivity index (χ3v) is 8.16. The van der Waals surface area contributed by atoms with Crippen LogP contribution in [0.15, 0.2) is 174 Å². The average molecular weight is 565 g/mol. The van der Waals surface area contributed by atoms with Gasteiger partial charge in [-0.25, -0.2) is 4.98 Å². The molecule has 44 heavy (non-hydrogen) atoms. The number of nitrogens with zero attached hydrogens (tertiary/aromatic N) is 2. The highest BCUT2D eigenvalue weighted by Crippen LogP contribution is 2.42. The fourth-order valence-corrected chi connectivity index (χ4v) is 5.94. The molecule has 0 unspecified atom stereocenters. The Hall–Kier alpha value is -5.93. The molecular formula is C41H28N2O. The number of hydrogen-bond donors (Lipinski definition) is 0. The van der Waals surface area contributed by atoms with Crippen molar-refractivity contribution in [2.24, 2.45) is 0 Å². The molecule has 0 amide bonds. The van der Waals surface area contributed by atoms with E-state index in [9.17, 15) is 0 Å². The van der Waals surface area contributed by atoms with Gasteiger partial charge in [-0.05, 0) is 69.8 Å². The highest BCUT2D eigenvalue weighted by molar-refractivity contribution is 6.12. The number of rotatable bonds is 6. The number of para-hydroxylation sites is 1. The summed E-state index contributed by atoms with van der Waals surface area (Å²) >= 11 is 0. The second kappa shape index (κ2) is 11.0. The molecule has 8 aromatic rings. The van der Waals surface area contributed by atoms with E-state index in [1.807, 2.05) is 42.6 Å². The molecule has 0 fully saturated rings. The van der Waals surface area contributed by atoms with Crippen LogP contribution in [0.4, 0.5) is 17.2 Å². The van der Waals surface area contributed by atoms with Crippen LogP contribution in [0.3, 0.4) is 0 Å². The van der Waals surface area contributed by atoms with Crippen LogP contribution in [0.1, 0.15) is 0 Å². The fourth-order valence-electron chi connectivity index (χ4n) is 5.94. The van der Waals surface area contributed by atoms with Gasteiger partial charge in [0, 0.05) is 23.0 Å². The molecule has 8 rings (SSSR count). The van der Waals surface area contributed by atoms with Crippen LogP contribution < -0.4 is 4.90 Å². The molecule has 6 aromatic carbocycles. The number of fused-ring (bicyclic) bond motifs is 3. The van der Waals surface area contributed by atoms with Gasteiger partial charge in [-0.1, -0.05) is 127 Å². The molecule has 0 atom stereocenters. The monoisotopic (exact) mass is 564 g/mol.